The van der Waals surface area contributed by atoms with E-state index in [0.29, 0.717) is 19.6 Å². The third-order valence-electron chi connectivity index (χ3n) is 4.52. The van der Waals surface area contributed by atoms with Crippen LogP contribution in [0.3, 0.4) is 0 Å². The minimum atomic E-state index is -0.483. The molecule has 0 radical (unpaired) electrons. The third-order valence-corrected chi connectivity index (χ3v) is 5.37. The first-order valence-corrected chi connectivity index (χ1v) is 8.85. The molecular formula is C17H17FN2O3S. The third kappa shape index (κ3) is 2.78. The molecule has 1 amide bonds. The van der Waals surface area contributed by atoms with Crippen LogP contribution in [0.15, 0.2) is 35.8 Å². The van der Waals surface area contributed by atoms with Gasteiger partial charge in [0.25, 0.3) is 11.8 Å². The zero-order valence-electron chi connectivity index (χ0n) is 12.9. The fourth-order valence-electron chi connectivity index (χ4n) is 3.44. The van der Waals surface area contributed by atoms with Gasteiger partial charge in [0.15, 0.2) is 5.82 Å². The summed E-state index contributed by atoms with van der Waals surface area (Å²) in [6.45, 7) is 1.03. The summed E-state index contributed by atoms with van der Waals surface area (Å²) in [4.78, 5) is 19.2. The molecule has 2 aliphatic rings. The number of halogens is 1. The highest BCUT2D eigenvalue weighted by atomic mass is 32.1. The van der Waals surface area contributed by atoms with Gasteiger partial charge in [0.05, 0.1) is 17.5 Å². The van der Waals surface area contributed by atoms with Crippen molar-refractivity contribution in [1.82, 2.24) is 9.88 Å². The molecule has 3 heterocycles. The summed E-state index contributed by atoms with van der Waals surface area (Å²) in [7, 11) is 0. The molecule has 5 nitrogen and oxygen atoms in total. The van der Waals surface area contributed by atoms with Crippen LogP contribution < -0.4 is 4.74 Å². The molecule has 0 aromatic carbocycles. The van der Waals surface area contributed by atoms with Crippen molar-refractivity contribution in [3.8, 4) is 5.88 Å². The number of rotatable bonds is 3. The smallest absolute Gasteiger partial charge is 0.264 e. The first kappa shape index (κ1) is 15.5. The van der Waals surface area contributed by atoms with E-state index in [4.69, 9.17) is 9.47 Å². The van der Waals surface area contributed by atoms with Crippen LogP contribution >= 0.6 is 11.3 Å². The SMILES string of the molecule is O=C(c1cccs1)N1CCO[C@H]2[C@H]1CC[C@H]2Oc1ncccc1F. The van der Waals surface area contributed by atoms with E-state index in [-0.39, 0.29) is 30.0 Å². The van der Waals surface area contributed by atoms with Crippen molar-refractivity contribution in [3.05, 3.63) is 46.5 Å². The van der Waals surface area contributed by atoms with Crippen molar-refractivity contribution in [2.24, 2.45) is 0 Å². The Balaban J connectivity index is 1.50. The van der Waals surface area contributed by atoms with Gasteiger partial charge in [-0.2, -0.15) is 0 Å². The van der Waals surface area contributed by atoms with Crippen LogP contribution in [0.2, 0.25) is 0 Å². The molecule has 1 saturated carbocycles. The van der Waals surface area contributed by atoms with Crippen molar-refractivity contribution in [1.29, 1.82) is 0 Å². The predicted molar refractivity (Wildman–Crippen MR) is 86.7 cm³/mol. The van der Waals surface area contributed by atoms with Gasteiger partial charge in [-0.15, -0.1) is 11.3 Å². The number of nitrogens with zero attached hydrogens (tertiary/aromatic N) is 2. The highest BCUT2D eigenvalue weighted by Crippen LogP contribution is 2.34. The van der Waals surface area contributed by atoms with E-state index in [1.807, 2.05) is 22.4 Å². The molecule has 24 heavy (non-hydrogen) atoms. The van der Waals surface area contributed by atoms with Crippen LogP contribution in [-0.2, 0) is 4.74 Å². The molecule has 7 heteroatoms. The molecule has 126 valence electrons. The number of amides is 1. The largest absolute Gasteiger partial charge is 0.469 e. The van der Waals surface area contributed by atoms with E-state index >= 15 is 0 Å². The van der Waals surface area contributed by atoms with Gasteiger partial charge in [-0.1, -0.05) is 6.07 Å². The number of fused-ring (bicyclic) bond motifs is 1. The Kier molecular flexibility index (Phi) is 4.20. The van der Waals surface area contributed by atoms with E-state index in [9.17, 15) is 9.18 Å². The molecular weight excluding hydrogens is 331 g/mol. The van der Waals surface area contributed by atoms with Gasteiger partial charge >= 0.3 is 0 Å². The predicted octanol–water partition coefficient (Wildman–Crippen LogP) is 2.73. The van der Waals surface area contributed by atoms with Crippen LogP contribution in [-0.4, -0.2) is 47.2 Å². The highest BCUT2D eigenvalue weighted by molar-refractivity contribution is 7.12. The maximum absolute atomic E-state index is 13.8. The Morgan fingerprint density at radius 2 is 2.29 bits per heavy atom. The van der Waals surface area contributed by atoms with Crippen LogP contribution in [0.4, 0.5) is 4.39 Å². The number of pyridine rings is 1. The van der Waals surface area contributed by atoms with Gasteiger partial charge < -0.3 is 14.4 Å². The molecule has 2 aromatic heterocycles. The quantitative estimate of drug-likeness (QED) is 0.856. The topological polar surface area (TPSA) is 51.7 Å². The number of carbonyl (C=O) groups excluding carboxylic acids is 1. The Bertz CT molecular complexity index is 724. The maximum Gasteiger partial charge on any atom is 0.264 e. The van der Waals surface area contributed by atoms with E-state index in [1.54, 1.807) is 0 Å². The standard InChI is InChI=1S/C17H17FN2O3S/c18-11-3-1-7-19-16(11)23-13-6-5-12-15(13)22-9-8-20(12)17(21)14-4-2-10-24-14/h1-4,7,10,12-13,15H,5-6,8-9H2/t12-,13-,15+/m1/s1. The lowest BCUT2D eigenvalue weighted by Gasteiger charge is -2.38. The average Bonchev–Trinajstić information content (AvgIpc) is 3.26. The fraction of sp³-hybridized carbons (Fsp3) is 0.412. The molecule has 3 atom stereocenters. The minimum Gasteiger partial charge on any atom is -0.469 e. The summed E-state index contributed by atoms with van der Waals surface area (Å²) in [5, 5.41) is 1.90. The van der Waals surface area contributed by atoms with Crippen LogP contribution in [0, 0.1) is 5.82 Å². The zero-order chi connectivity index (χ0) is 16.5. The lowest BCUT2D eigenvalue weighted by atomic mass is 10.1. The second-order valence-corrected chi connectivity index (χ2v) is 6.85. The van der Waals surface area contributed by atoms with Crippen LogP contribution in [0.1, 0.15) is 22.5 Å². The Morgan fingerprint density at radius 1 is 1.38 bits per heavy atom. The number of thiophene rings is 1. The lowest BCUT2D eigenvalue weighted by molar-refractivity contribution is -0.0797. The molecule has 0 spiro atoms. The number of aromatic nitrogens is 1. The fourth-order valence-corrected chi connectivity index (χ4v) is 4.12. The Morgan fingerprint density at radius 3 is 3.08 bits per heavy atom. The van der Waals surface area contributed by atoms with E-state index in [1.165, 1.54) is 29.7 Å². The second-order valence-electron chi connectivity index (χ2n) is 5.90. The summed E-state index contributed by atoms with van der Waals surface area (Å²) in [6.07, 6.45) is 2.45. The average molecular weight is 348 g/mol. The second kappa shape index (κ2) is 6.49. The molecule has 2 fully saturated rings. The monoisotopic (exact) mass is 348 g/mol. The van der Waals surface area contributed by atoms with Crippen molar-refractivity contribution in [2.45, 2.75) is 31.1 Å². The van der Waals surface area contributed by atoms with Gasteiger partial charge in [0.1, 0.15) is 12.2 Å². The first-order valence-electron chi connectivity index (χ1n) is 7.97. The molecule has 1 aliphatic carbocycles. The summed E-state index contributed by atoms with van der Waals surface area (Å²) < 4.78 is 25.4. The van der Waals surface area contributed by atoms with E-state index in [0.717, 1.165) is 11.3 Å². The van der Waals surface area contributed by atoms with Gasteiger partial charge in [-0.3, -0.25) is 4.79 Å². The number of carbonyl (C=O) groups is 1. The zero-order valence-corrected chi connectivity index (χ0v) is 13.7. The number of hydrogen-bond acceptors (Lipinski definition) is 5. The van der Waals surface area contributed by atoms with Crippen molar-refractivity contribution in [2.75, 3.05) is 13.2 Å². The van der Waals surface area contributed by atoms with E-state index in [2.05, 4.69) is 4.98 Å². The van der Waals surface area contributed by atoms with Gasteiger partial charge in [-0.25, -0.2) is 9.37 Å². The molecule has 0 unspecified atom stereocenters. The lowest BCUT2D eigenvalue weighted by Crippen LogP contribution is -2.54. The molecule has 1 aliphatic heterocycles. The normalized spacial score (nSPS) is 26.2. The summed E-state index contributed by atoms with van der Waals surface area (Å²) in [5.74, 6) is -0.454. The summed E-state index contributed by atoms with van der Waals surface area (Å²) in [5.41, 5.74) is 0. The molecule has 1 saturated heterocycles. The minimum absolute atomic E-state index is 0.00606. The maximum atomic E-state index is 13.8. The Labute approximate surface area is 143 Å². The highest BCUT2D eigenvalue weighted by Gasteiger charge is 2.46. The number of morpholine rings is 1. The number of ether oxygens (including phenoxy) is 2. The molecule has 0 N–H and O–H groups in total. The van der Waals surface area contributed by atoms with Crippen LogP contribution in [0.5, 0.6) is 5.88 Å². The van der Waals surface area contributed by atoms with Crippen molar-refractivity contribution >= 4 is 17.2 Å². The van der Waals surface area contributed by atoms with Crippen molar-refractivity contribution in [3.63, 3.8) is 0 Å². The van der Waals surface area contributed by atoms with Gasteiger partial charge in [0.2, 0.25) is 0 Å². The summed E-state index contributed by atoms with van der Waals surface area (Å²) >= 11 is 1.44. The summed E-state index contributed by atoms with van der Waals surface area (Å²) in [6, 6.07) is 6.52. The Hall–Kier alpha value is -1.99. The van der Waals surface area contributed by atoms with E-state index < -0.39 is 5.82 Å². The molecule has 2 aromatic rings. The molecule has 0 bridgehead atoms. The van der Waals surface area contributed by atoms with Gasteiger partial charge in [-0.05, 0) is 36.4 Å². The van der Waals surface area contributed by atoms with Crippen molar-refractivity contribution < 1.29 is 18.7 Å². The molecule has 4 rings (SSSR count). The van der Waals surface area contributed by atoms with Gasteiger partial charge in [0, 0.05) is 12.7 Å². The van der Waals surface area contributed by atoms with Crippen LogP contribution in [0.25, 0.3) is 0 Å². The first-order chi connectivity index (χ1) is 11.7. The number of hydrogen-bond donors (Lipinski definition) is 0.